The Hall–Kier alpha value is -3.25. The van der Waals surface area contributed by atoms with E-state index in [4.69, 9.17) is 0 Å². The van der Waals surface area contributed by atoms with Gasteiger partial charge in [-0.3, -0.25) is 14.8 Å². The van der Waals surface area contributed by atoms with E-state index in [0.717, 1.165) is 21.9 Å². The van der Waals surface area contributed by atoms with Gasteiger partial charge >= 0.3 is 0 Å². The molecule has 0 unspecified atom stereocenters. The van der Waals surface area contributed by atoms with Crippen LogP contribution in [0, 0.1) is 0 Å². The average molecular weight is 372 g/mol. The summed E-state index contributed by atoms with van der Waals surface area (Å²) in [6.07, 6.45) is 5.13. The lowest BCUT2D eigenvalue weighted by Gasteiger charge is -2.07. The van der Waals surface area contributed by atoms with Crippen molar-refractivity contribution in [3.8, 4) is 0 Å². The first kappa shape index (κ1) is 17.2. The lowest BCUT2D eigenvalue weighted by molar-refractivity contribution is 0.102. The third-order valence-electron chi connectivity index (χ3n) is 3.92. The molecule has 2 heterocycles. The second-order valence-electron chi connectivity index (χ2n) is 5.87. The molecule has 0 aliphatic carbocycles. The molecule has 132 valence electrons. The molecule has 27 heavy (non-hydrogen) atoms. The monoisotopic (exact) mass is 372 g/mol. The predicted molar refractivity (Wildman–Crippen MR) is 108 cm³/mol. The smallest absolute Gasteiger partial charge is 0.275 e. The van der Waals surface area contributed by atoms with E-state index in [2.05, 4.69) is 26.3 Å². The minimum Gasteiger partial charge on any atom is -0.321 e. The van der Waals surface area contributed by atoms with E-state index in [1.807, 2.05) is 60.8 Å². The molecule has 0 radical (unpaired) electrons. The number of hydrogen-bond acceptors (Lipinski definition) is 5. The zero-order valence-corrected chi connectivity index (χ0v) is 15.2. The summed E-state index contributed by atoms with van der Waals surface area (Å²) >= 11 is 1.72. The van der Waals surface area contributed by atoms with Crippen LogP contribution in [0.1, 0.15) is 16.1 Å². The second-order valence-corrected chi connectivity index (χ2v) is 6.92. The van der Waals surface area contributed by atoms with Crippen LogP contribution >= 0.6 is 11.8 Å². The molecule has 0 atom stereocenters. The Morgan fingerprint density at radius 1 is 0.926 bits per heavy atom. The summed E-state index contributed by atoms with van der Waals surface area (Å²) in [7, 11) is 0. The van der Waals surface area contributed by atoms with Crippen molar-refractivity contribution in [2.45, 2.75) is 10.6 Å². The largest absolute Gasteiger partial charge is 0.321 e. The predicted octanol–water partition coefficient (Wildman–Crippen LogP) is 4.57. The zero-order valence-electron chi connectivity index (χ0n) is 14.4. The van der Waals surface area contributed by atoms with Gasteiger partial charge in [0.25, 0.3) is 5.91 Å². The van der Waals surface area contributed by atoms with Gasteiger partial charge in [0.05, 0.1) is 17.2 Å². The number of carbonyl (C=O) groups is 1. The number of anilines is 1. The Balaban J connectivity index is 1.40. The number of hydrogen-bond donors (Lipinski definition) is 1. The molecule has 2 aromatic heterocycles. The first-order chi connectivity index (χ1) is 13.3. The highest BCUT2D eigenvalue weighted by Crippen LogP contribution is 2.24. The minimum atomic E-state index is -0.274. The van der Waals surface area contributed by atoms with E-state index >= 15 is 0 Å². The summed E-state index contributed by atoms with van der Waals surface area (Å²) in [5.74, 6) is 0.579. The highest BCUT2D eigenvalue weighted by atomic mass is 32.2. The first-order valence-electron chi connectivity index (χ1n) is 8.43. The number of amides is 1. The van der Waals surface area contributed by atoms with Crippen LogP contribution in [-0.2, 0) is 5.75 Å². The van der Waals surface area contributed by atoms with Crippen LogP contribution in [0.15, 0.2) is 84.1 Å². The maximum Gasteiger partial charge on any atom is 0.275 e. The van der Waals surface area contributed by atoms with Gasteiger partial charge in [-0.2, -0.15) is 0 Å². The Kier molecular flexibility index (Phi) is 5.07. The van der Waals surface area contributed by atoms with Crippen LogP contribution in [0.2, 0.25) is 0 Å². The van der Waals surface area contributed by atoms with Crippen LogP contribution in [0.3, 0.4) is 0 Å². The molecule has 5 nitrogen and oxygen atoms in total. The molecule has 0 saturated carbocycles. The summed E-state index contributed by atoms with van der Waals surface area (Å²) in [5, 5.41) is 2.86. The normalized spacial score (nSPS) is 10.7. The van der Waals surface area contributed by atoms with Crippen LogP contribution in [0.25, 0.3) is 11.0 Å². The summed E-state index contributed by atoms with van der Waals surface area (Å²) in [6, 6.07) is 19.2. The van der Waals surface area contributed by atoms with Crippen molar-refractivity contribution in [2.24, 2.45) is 0 Å². The van der Waals surface area contributed by atoms with E-state index in [1.54, 1.807) is 18.0 Å². The van der Waals surface area contributed by atoms with E-state index in [-0.39, 0.29) is 5.91 Å². The highest BCUT2D eigenvalue weighted by molar-refractivity contribution is 7.98. The topological polar surface area (TPSA) is 67.8 Å². The SMILES string of the molecule is O=C(Nc1ccc(SCc2cccnc2)cc1)c1cnc2ccccc2n1. The van der Waals surface area contributed by atoms with Gasteiger partial charge < -0.3 is 5.32 Å². The molecule has 6 heteroatoms. The van der Waals surface area contributed by atoms with E-state index in [0.29, 0.717) is 11.2 Å². The van der Waals surface area contributed by atoms with Crippen molar-refractivity contribution in [1.82, 2.24) is 15.0 Å². The quantitative estimate of drug-likeness (QED) is 0.520. The van der Waals surface area contributed by atoms with Gasteiger partial charge in [-0.25, -0.2) is 4.98 Å². The minimum absolute atomic E-state index is 0.274. The molecule has 1 amide bonds. The fourth-order valence-electron chi connectivity index (χ4n) is 2.55. The number of thioether (sulfide) groups is 1. The molecule has 1 N–H and O–H groups in total. The molecule has 4 aromatic rings. The molecule has 0 saturated heterocycles. The summed E-state index contributed by atoms with van der Waals surface area (Å²) in [4.78, 5) is 26.3. The molecule has 0 aliphatic rings. The number of nitrogens with one attached hydrogen (secondary N) is 1. The van der Waals surface area contributed by atoms with E-state index in [9.17, 15) is 4.79 Å². The van der Waals surface area contributed by atoms with Crippen LogP contribution in [0.5, 0.6) is 0 Å². The van der Waals surface area contributed by atoms with Crippen molar-refractivity contribution in [3.05, 3.63) is 90.5 Å². The van der Waals surface area contributed by atoms with Crippen molar-refractivity contribution in [3.63, 3.8) is 0 Å². The van der Waals surface area contributed by atoms with Crippen LogP contribution in [-0.4, -0.2) is 20.9 Å². The fraction of sp³-hybridized carbons (Fsp3) is 0.0476. The molecule has 0 spiro atoms. The number of carbonyl (C=O) groups excluding carboxylic acids is 1. The lowest BCUT2D eigenvalue weighted by Crippen LogP contribution is -2.14. The van der Waals surface area contributed by atoms with E-state index in [1.165, 1.54) is 11.8 Å². The number of benzene rings is 2. The number of aromatic nitrogens is 3. The molecule has 0 fully saturated rings. The number of rotatable bonds is 5. The first-order valence-corrected chi connectivity index (χ1v) is 9.41. The maximum absolute atomic E-state index is 12.4. The summed E-state index contributed by atoms with van der Waals surface area (Å²) in [6.45, 7) is 0. The standard InChI is InChI=1S/C21H16N4OS/c26-21(20-13-23-18-5-1-2-6-19(18)25-20)24-16-7-9-17(10-8-16)27-14-15-4-3-11-22-12-15/h1-13H,14H2,(H,24,26). The zero-order chi connectivity index (χ0) is 18.5. The number of nitrogens with zero attached hydrogens (tertiary/aromatic N) is 3. The second kappa shape index (κ2) is 7.97. The van der Waals surface area contributed by atoms with Crippen molar-refractivity contribution >= 4 is 34.4 Å². The van der Waals surface area contributed by atoms with Gasteiger partial charge in [-0.15, -0.1) is 11.8 Å². The average Bonchev–Trinajstić information content (AvgIpc) is 2.73. The lowest BCUT2D eigenvalue weighted by atomic mass is 10.3. The number of pyridine rings is 1. The third-order valence-corrected chi connectivity index (χ3v) is 5.00. The maximum atomic E-state index is 12.4. The van der Waals surface area contributed by atoms with Crippen LogP contribution < -0.4 is 5.32 Å². The molecular weight excluding hydrogens is 356 g/mol. The van der Waals surface area contributed by atoms with Crippen LogP contribution in [0.4, 0.5) is 5.69 Å². The van der Waals surface area contributed by atoms with Gasteiger partial charge in [-0.1, -0.05) is 18.2 Å². The van der Waals surface area contributed by atoms with Gasteiger partial charge in [0.15, 0.2) is 0 Å². The van der Waals surface area contributed by atoms with Gasteiger partial charge in [0, 0.05) is 28.7 Å². The fourth-order valence-corrected chi connectivity index (χ4v) is 3.38. The van der Waals surface area contributed by atoms with Crippen molar-refractivity contribution in [2.75, 3.05) is 5.32 Å². The highest BCUT2D eigenvalue weighted by Gasteiger charge is 2.09. The number of fused-ring (bicyclic) bond motifs is 1. The molecule has 2 aromatic carbocycles. The summed E-state index contributed by atoms with van der Waals surface area (Å²) < 4.78 is 0. The number of para-hydroxylation sites is 2. The Morgan fingerprint density at radius 2 is 1.74 bits per heavy atom. The van der Waals surface area contributed by atoms with Gasteiger partial charge in [0.2, 0.25) is 0 Å². The van der Waals surface area contributed by atoms with E-state index < -0.39 is 0 Å². The summed E-state index contributed by atoms with van der Waals surface area (Å²) in [5.41, 5.74) is 3.66. The Bertz CT molecular complexity index is 1070. The van der Waals surface area contributed by atoms with Gasteiger partial charge in [-0.05, 0) is 48.0 Å². The Morgan fingerprint density at radius 3 is 2.52 bits per heavy atom. The Labute approximate surface area is 160 Å². The van der Waals surface area contributed by atoms with Crippen molar-refractivity contribution < 1.29 is 4.79 Å². The molecular formula is C21H16N4OS. The van der Waals surface area contributed by atoms with Gasteiger partial charge in [0.1, 0.15) is 5.69 Å². The third kappa shape index (κ3) is 4.30. The molecule has 0 bridgehead atoms. The molecule has 4 rings (SSSR count). The molecule has 0 aliphatic heterocycles. The van der Waals surface area contributed by atoms with Crippen molar-refractivity contribution in [1.29, 1.82) is 0 Å².